The van der Waals surface area contributed by atoms with Gasteiger partial charge in [0.2, 0.25) is 5.95 Å². The van der Waals surface area contributed by atoms with Gasteiger partial charge in [0.25, 0.3) is 0 Å². The highest BCUT2D eigenvalue weighted by atomic mass is 32.1. The number of thiazole rings is 1. The second-order valence-corrected chi connectivity index (χ2v) is 5.30. The predicted molar refractivity (Wildman–Crippen MR) is 73.7 cm³/mol. The second kappa shape index (κ2) is 4.08. The van der Waals surface area contributed by atoms with E-state index in [0.717, 1.165) is 21.7 Å². The van der Waals surface area contributed by atoms with Gasteiger partial charge in [0.1, 0.15) is 10.6 Å². The lowest BCUT2D eigenvalue weighted by molar-refractivity contribution is 0.589. The Bertz CT molecular complexity index is 925. The van der Waals surface area contributed by atoms with Crippen LogP contribution < -0.4 is 0 Å². The van der Waals surface area contributed by atoms with Crippen LogP contribution in [0, 0.1) is 11.8 Å². The third kappa shape index (κ3) is 1.69. The quantitative estimate of drug-likeness (QED) is 0.497. The number of hydrogen-bond acceptors (Lipinski definition) is 3. The molecule has 0 atom stereocenters. The normalized spacial score (nSPS) is 11.5. The molecule has 0 saturated heterocycles. The molecule has 0 amide bonds. The van der Waals surface area contributed by atoms with Crippen LogP contribution in [-0.4, -0.2) is 14.4 Å². The van der Waals surface area contributed by atoms with E-state index in [0.29, 0.717) is 4.83 Å². The number of imidazole rings is 1. The molecule has 3 aromatic heterocycles. The summed E-state index contributed by atoms with van der Waals surface area (Å²) in [7, 11) is 0. The minimum atomic E-state index is -0.499. The summed E-state index contributed by atoms with van der Waals surface area (Å²) in [5.41, 5.74) is 2.40. The van der Waals surface area contributed by atoms with Crippen molar-refractivity contribution in [2.75, 3.05) is 0 Å². The maximum atomic E-state index is 13.1. The highest BCUT2D eigenvalue weighted by Gasteiger charge is 2.11. The number of benzene rings is 1. The Morgan fingerprint density at radius 3 is 2.55 bits per heavy atom. The Labute approximate surface area is 116 Å². The number of pyridine rings is 1. The fourth-order valence-corrected chi connectivity index (χ4v) is 3.09. The molecule has 0 spiro atoms. The molecular formula is C14H7F2N3S. The van der Waals surface area contributed by atoms with Gasteiger partial charge in [0.15, 0.2) is 4.96 Å². The van der Waals surface area contributed by atoms with Gasteiger partial charge in [-0.15, -0.1) is 0 Å². The number of aromatic nitrogens is 3. The van der Waals surface area contributed by atoms with Crippen LogP contribution in [0.25, 0.3) is 26.6 Å². The molecule has 6 heteroatoms. The van der Waals surface area contributed by atoms with Gasteiger partial charge in [-0.1, -0.05) is 11.3 Å². The van der Waals surface area contributed by atoms with E-state index in [4.69, 9.17) is 0 Å². The van der Waals surface area contributed by atoms with Crippen molar-refractivity contribution in [2.45, 2.75) is 0 Å². The molecule has 1 aromatic carbocycles. The van der Waals surface area contributed by atoms with Crippen molar-refractivity contribution >= 4 is 26.6 Å². The first-order chi connectivity index (χ1) is 9.70. The molecule has 3 nitrogen and oxygen atoms in total. The zero-order chi connectivity index (χ0) is 13.7. The highest BCUT2D eigenvalue weighted by molar-refractivity contribution is 7.23. The van der Waals surface area contributed by atoms with Crippen molar-refractivity contribution in [1.82, 2.24) is 14.4 Å². The Morgan fingerprint density at radius 2 is 1.75 bits per heavy atom. The zero-order valence-electron chi connectivity index (χ0n) is 10.0. The minimum absolute atomic E-state index is 0.278. The summed E-state index contributed by atoms with van der Waals surface area (Å²) >= 11 is 1.32. The van der Waals surface area contributed by atoms with Crippen LogP contribution in [0.4, 0.5) is 8.78 Å². The molecule has 4 rings (SSSR count). The fourth-order valence-electron chi connectivity index (χ4n) is 2.12. The summed E-state index contributed by atoms with van der Waals surface area (Å²) in [6.07, 6.45) is 1.85. The lowest BCUT2D eigenvalue weighted by Crippen LogP contribution is -1.83. The van der Waals surface area contributed by atoms with Crippen molar-refractivity contribution < 1.29 is 8.78 Å². The van der Waals surface area contributed by atoms with Crippen LogP contribution in [0.15, 0.2) is 42.6 Å². The average Bonchev–Trinajstić information content (AvgIpc) is 2.96. The maximum absolute atomic E-state index is 13.1. The Hall–Kier alpha value is -2.34. The Kier molecular flexibility index (Phi) is 2.34. The molecule has 0 bridgehead atoms. The van der Waals surface area contributed by atoms with Gasteiger partial charge < -0.3 is 0 Å². The first-order valence-electron chi connectivity index (χ1n) is 5.91. The van der Waals surface area contributed by atoms with Crippen LogP contribution in [-0.2, 0) is 0 Å². The molecule has 4 aromatic rings. The predicted octanol–water partition coefficient (Wildman–Crippen LogP) is 3.89. The van der Waals surface area contributed by atoms with Gasteiger partial charge >= 0.3 is 0 Å². The topological polar surface area (TPSA) is 30.2 Å². The summed E-state index contributed by atoms with van der Waals surface area (Å²) in [5.74, 6) is -0.777. The van der Waals surface area contributed by atoms with E-state index in [1.807, 2.05) is 10.6 Å². The average molecular weight is 287 g/mol. The Balaban J connectivity index is 1.93. The molecule has 0 aliphatic heterocycles. The molecule has 0 saturated carbocycles. The lowest BCUT2D eigenvalue weighted by Gasteiger charge is -1.95. The fraction of sp³-hybridized carbons (Fsp3) is 0. The van der Waals surface area contributed by atoms with Crippen LogP contribution in [0.5, 0.6) is 0 Å². The van der Waals surface area contributed by atoms with Gasteiger partial charge in [-0.2, -0.15) is 4.39 Å². The highest BCUT2D eigenvalue weighted by Crippen LogP contribution is 2.28. The number of hydrogen-bond donors (Lipinski definition) is 0. The molecule has 98 valence electrons. The van der Waals surface area contributed by atoms with Gasteiger partial charge in [-0.25, -0.2) is 14.4 Å². The van der Waals surface area contributed by atoms with Crippen molar-refractivity contribution in [3.8, 4) is 11.3 Å². The summed E-state index contributed by atoms with van der Waals surface area (Å²) in [4.78, 5) is 9.66. The second-order valence-electron chi connectivity index (χ2n) is 4.35. The van der Waals surface area contributed by atoms with Crippen LogP contribution >= 0.6 is 11.3 Å². The molecule has 0 aliphatic rings. The van der Waals surface area contributed by atoms with E-state index in [1.165, 1.54) is 29.5 Å². The van der Waals surface area contributed by atoms with E-state index >= 15 is 0 Å². The van der Waals surface area contributed by atoms with Crippen LogP contribution in [0.1, 0.15) is 0 Å². The molecule has 0 radical (unpaired) electrons. The summed E-state index contributed by atoms with van der Waals surface area (Å²) in [5, 5.41) is 0. The van der Waals surface area contributed by atoms with Crippen molar-refractivity contribution in [3.63, 3.8) is 0 Å². The minimum Gasteiger partial charge on any atom is -0.288 e. The monoisotopic (exact) mass is 287 g/mol. The smallest absolute Gasteiger partial charge is 0.214 e. The molecule has 0 aliphatic carbocycles. The van der Waals surface area contributed by atoms with E-state index < -0.39 is 5.95 Å². The first kappa shape index (κ1) is 11.5. The number of halogens is 2. The van der Waals surface area contributed by atoms with Gasteiger partial charge in [0.05, 0.1) is 11.2 Å². The van der Waals surface area contributed by atoms with Gasteiger partial charge in [0, 0.05) is 11.8 Å². The maximum Gasteiger partial charge on any atom is 0.214 e. The molecule has 0 unspecified atom stereocenters. The molecule has 0 N–H and O–H groups in total. The summed E-state index contributed by atoms with van der Waals surface area (Å²) in [6.45, 7) is 0. The van der Waals surface area contributed by atoms with Crippen molar-refractivity contribution in [2.24, 2.45) is 0 Å². The van der Waals surface area contributed by atoms with Crippen molar-refractivity contribution in [1.29, 1.82) is 0 Å². The lowest BCUT2D eigenvalue weighted by atomic mass is 10.2. The van der Waals surface area contributed by atoms with E-state index in [2.05, 4.69) is 9.97 Å². The SMILES string of the molecule is Fc1ccc(-c2cn3c(n2)sc2nc(F)ccc23)cc1. The number of nitrogens with zero attached hydrogens (tertiary/aromatic N) is 3. The van der Waals surface area contributed by atoms with E-state index in [-0.39, 0.29) is 5.82 Å². The zero-order valence-corrected chi connectivity index (χ0v) is 10.9. The number of fused-ring (bicyclic) bond motifs is 3. The van der Waals surface area contributed by atoms with E-state index in [9.17, 15) is 8.78 Å². The molecule has 3 heterocycles. The standard InChI is InChI=1S/C14H7F2N3S/c15-9-3-1-8(2-4-9)10-7-19-11-5-6-12(16)18-13(11)20-14(19)17-10/h1-7H. The third-order valence-electron chi connectivity index (χ3n) is 3.07. The van der Waals surface area contributed by atoms with Gasteiger partial charge in [-0.05, 0) is 36.4 Å². The number of rotatable bonds is 1. The van der Waals surface area contributed by atoms with Crippen molar-refractivity contribution in [3.05, 3.63) is 54.4 Å². The Morgan fingerprint density at radius 1 is 0.950 bits per heavy atom. The third-order valence-corrected chi connectivity index (χ3v) is 4.03. The van der Waals surface area contributed by atoms with Crippen LogP contribution in [0.2, 0.25) is 0 Å². The van der Waals surface area contributed by atoms with Gasteiger partial charge in [-0.3, -0.25) is 4.40 Å². The molecular weight excluding hydrogens is 280 g/mol. The largest absolute Gasteiger partial charge is 0.288 e. The summed E-state index contributed by atoms with van der Waals surface area (Å²) in [6, 6.07) is 9.17. The van der Waals surface area contributed by atoms with E-state index in [1.54, 1.807) is 18.2 Å². The molecule has 0 fully saturated rings. The molecule has 20 heavy (non-hydrogen) atoms. The summed E-state index contributed by atoms with van der Waals surface area (Å²) < 4.78 is 27.9. The first-order valence-corrected chi connectivity index (χ1v) is 6.72. The van der Waals surface area contributed by atoms with Crippen LogP contribution in [0.3, 0.4) is 0 Å².